The molecule has 0 fully saturated rings. The van der Waals surface area contributed by atoms with Crippen LogP contribution in [0.15, 0.2) is 24.5 Å². The molecule has 0 bridgehead atoms. The number of hydrogen-bond donors (Lipinski definition) is 1. The standard InChI is InChI=1S/C13H16FN3/c1-9-10(2)17(8-16-9)7-12-3-11(6-15)4-13(14)5-12/h3-5,8H,6-7,15H2,1-2H3. The van der Waals surface area contributed by atoms with Crippen molar-refractivity contribution in [2.24, 2.45) is 5.73 Å². The summed E-state index contributed by atoms with van der Waals surface area (Å²) in [5.74, 6) is -0.238. The first-order chi connectivity index (χ1) is 8.10. The fraction of sp³-hybridized carbons (Fsp3) is 0.308. The van der Waals surface area contributed by atoms with Gasteiger partial charge in [0.25, 0.3) is 0 Å². The van der Waals surface area contributed by atoms with Crippen molar-refractivity contribution < 1.29 is 4.39 Å². The normalized spacial score (nSPS) is 10.8. The average Bonchev–Trinajstić information content (AvgIpc) is 2.60. The van der Waals surface area contributed by atoms with Gasteiger partial charge in [-0.1, -0.05) is 6.07 Å². The Labute approximate surface area is 100 Å². The van der Waals surface area contributed by atoms with Crippen LogP contribution in [0.4, 0.5) is 4.39 Å². The highest BCUT2D eigenvalue weighted by Gasteiger charge is 2.05. The Kier molecular flexibility index (Phi) is 3.24. The number of imidazole rings is 1. The molecule has 1 heterocycles. The minimum atomic E-state index is -0.238. The monoisotopic (exact) mass is 233 g/mol. The smallest absolute Gasteiger partial charge is 0.123 e. The molecule has 90 valence electrons. The van der Waals surface area contributed by atoms with Crippen LogP contribution in [0.3, 0.4) is 0 Å². The first kappa shape index (κ1) is 11.8. The van der Waals surface area contributed by atoms with E-state index >= 15 is 0 Å². The molecule has 2 rings (SSSR count). The van der Waals surface area contributed by atoms with Gasteiger partial charge < -0.3 is 10.3 Å². The first-order valence-corrected chi connectivity index (χ1v) is 5.57. The van der Waals surface area contributed by atoms with Crippen molar-refractivity contribution in [3.8, 4) is 0 Å². The Bertz CT molecular complexity index is 531. The summed E-state index contributed by atoms with van der Waals surface area (Å²) in [4.78, 5) is 4.22. The van der Waals surface area contributed by atoms with E-state index in [2.05, 4.69) is 4.98 Å². The van der Waals surface area contributed by atoms with Gasteiger partial charge >= 0.3 is 0 Å². The zero-order valence-electron chi connectivity index (χ0n) is 10.1. The van der Waals surface area contributed by atoms with Crippen LogP contribution in [0.5, 0.6) is 0 Å². The van der Waals surface area contributed by atoms with Gasteiger partial charge in [0.05, 0.1) is 12.0 Å². The van der Waals surface area contributed by atoms with Crippen molar-refractivity contribution >= 4 is 0 Å². The van der Waals surface area contributed by atoms with Gasteiger partial charge in [0, 0.05) is 18.8 Å². The van der Waals surface area contributed by atoms with Gasteiger partial charge in [-0.05, 0) is 37.1 Å². The molecule has 0 amide bonds. The molecule has 0 atom stereocenters. The second kappa shape index (κ2) is 4.67. The van der Waals surface area contributed by atoms with Gasteiger partial charge in [-0.25, -0.2) is 9.37 Å². The lowest BCUT2D eigenvalue weighted by Gasteiger charge is -2.07. The summed E-state index contributed by atoms with van der Waals surface area (Å²) >= 11 is 0. The molecule has 0 unspecified atom stereocenters. The van der Waals surface area contributed by atoms with Crippen molar-refractivity contribution in [2.75, 3.05) is 0 Å². The number of hydrogen-bond acceptors (Lipinski definition) is 2. The molecule has 0 radical (unpaired) electrons. The van der Waals surface area contributed by atoms with Crippen LogP contribution in [0, 0.1) is 19.7 Å². The van der Waals surface area contributed by atoms with E-state index in [0.29, 0.717) is 13.1 Å². The minimum absolute atomic E-state index is 0.238. The van der Waals surface area contributed by atoms with E-state index in [1.54, 1.807) is 6.33 Å². The summed E-state index contributed by atoms with van der Waals surface area (Å²) in [5, 5.41) is 0. The van der Waals surface area contributed by atoms with Gasteiger partial charge in [-0.2, -0.15) is 0 Å². The maximum Gasteiger partial charge on any atom is 0.123 e. The van der Waals surface area contributed by atoms with E-state index in [-0.39, 0.29) is 5.82 Å². The number of nitrogens with two attached hydrogens (primary N) is 1. The van der Waals surface area contributed by atoms with Crippen LogP contribution in [0.2, 0.25) is 0 Å². The van der Waals surface area contributed by atoms with E-state index in [1.165, 1.54) is 12.1 Å². The van der Waals surface area contributed by atoms with Gasteiger partial charge in [0.1, 0.15) is 5.82 Å². The van der Waals surface area contributed by atoms with Crippen molar-refractivity contribution in [3.63, 3.8) is 0 Å². The molecule has 2 N–H and O–H groups in total. The Morgan fingerprint density at radius 2 is 1.94 bits per heavy atom. The SMILES string of the molecule is Cc1ncn(Cc2cc(F)cc(CN)c2)c1C. The second-order valence-corrected chi connectivity index (χ2v) is 4.22. The molecule has 0 aliphatic carbocycles. The maximum atomic E-state index is 13.3. The number of halogens is 1. The fourth-order valence-electron chi connectivity index (χ4n) is 1.83. The van der Waals surface area contributed by atoms with E-state index in [1.807, 2.05) is 24.5 Å². The van der Waals surface area contributed by atoms with Gasteiger partial charge in [0.2, 0.25) is 0 Å². The Morgan fingerprint density at radius 1 is 1.24 bits per heavy atom. The maximum absolute atomic E-state index is 13.3. The summed E-state index contributed by atoms with van der Waals surface area (Å²) in [5.41, 5.74) is 9.35. The van der Waals surface area contributed by atoms with E-state index in [4.69, 9.17) is 5.73 Å². The van der Waals surface area contributed by atoms with Crippen LogP contribution >= 0.6 is 0 Å². The third-order valence-electron chi connectivity index (χ3n) is 2.95. The largest absolute Gasteiger partial charge is 0.330 e. The molecule has 2 aromatic rings. The Morgan fingerprint density at radius 3 is 2.53 bits per heavy atom. The number of aromatic nitrogens is 2. The first-order valence-electron chi connectivity index (χ1n) is 5.57. The molecule has 0 aliphatic heterocycles. The van der Waals surface area contributed by atoms with Gasteiger partial charge in [-0.3, -0.25) is 0 Å². The van der Waals surface area contributed by atoms with Crippen molar-refractivity contribution in [2.45, 2.75) is 26.9 Å². The molecule has 0 saturated heterocycles. The van der Waals surface area contributed by atoms with Gasteiger partial charge in [0.15, 0.2) is 0 Å². The van der Waals surface area contributed by atoms with Crippen molar-refractivity contribution in [3.05, 3.63) is 52.9 Å². The molecular formula is C13H16FN3. The number of benzene rings is 1. The lowest BCUT2D eigenvalue weighted by molar-refractivity contribution is 0.620. The summed E-state index contributed by atoms with van der Waals surface area (Å²) in [6.45, 7) is 4.94. The highest BCUT2D eigenvalue weighted by molar-refractivity contribution is 5.25. The molecule has 17 heavy (non-hydrogen) atoms. The predicted octanol–water partition coefficient (Wildman–Crippen LogP) is 2.15. The molecule has 4 heteroatoms. The van der Waals surface area contributed by atoms with E-state index in [0.717, 1.165) is 22.5 Å². The summed E-state index contributed by atoms with van der Waals surface area (Å²) in [7, 11) is 0. The lowest BCUT2D eigenvalue weighted by Crippen LogP contribution is -2.04. The zero-order valence-corrected chi connectivity index (χ0v) is 10.1. The molecule has 3 nitrogen and oxygen atoms in total. The number of nitrogens with zero attached hydrogens (tertiary/aromatic N) is 2. The van der Waals surface area contributed by atoms with Crippen LogP contribution in [-0.2, 0) is 13.1 Å². The summed E-state index contributed by atoms with van der Waals surface area (Å²) in [6, 6.07) is 4.93. The topological polar surface area (TPSA) is 43.8 Å². The molecule has 0 saturated carbocycles. The second-order valence-electron chi connectivity index (χ2n) is 4.22. The van der Waals surface area contributed by atoms with Crippen LogP contribution in [0.25, 0.3) is 0 Å². The van der Waals surface area contributed by atoms with E-state index < -0.39 is 0 Å². The molecule has 1 aromatic heterocycles. The van der Waals surface area contributed by atoms with Crippen molar-refractivity contribution in [1.82, 2.24) is 9.55 Å². The van der Waals surface area contributed by atoms with Crippen molar-refractivity contribution in [1.29, 1.82) is 0 Å². The van der Waals surface area contributed by atoms with Crippen LogP contribution in [-0.4, -0.2) is 9.55 Å². The van der Waals surface area contributed by atoms with E-state index in [9.17, 15) is 4.39 Å². The molecule has 1 aromatic carbocycles. The molecule has 0 spiro atoms. The molecule has 0 aliphatic rings. The van der Waals surface area contributed by atoms with Crippen LogP contribution in [0.1, 0.15) is 22.5 Å². The predicted molar refractivity (Wildman–Crippen MR) is 65.1 cm³/mol. The van der Waals surface area contributed by atoms with Gasteiger partial charge in [-0.15, -0.1) is 0 Å². The zero-order chi connectivity index (χ0) is 12.4. The van der Waals surface area contributed by atoms with Crippen LogP contribution < -0.4 is 5.73 Å². The summed E-state index contributed by atoms with van der Waals surface area (Å²) < 4.78 is 15.3. The highest BCUT2D eigenvalue weighted by Crippen LogP contribution is 2.13. The third-order valence-corrected chi connectivity index (χ3v) is 2.95. The Hall–Kier alpha value is -1.68. The average molecular weight is 233 g/mol. The minimum Gasteiger partial charge on any atom is -0.330 e. The quantitative estimate of drug-likeness (QED) is 0.882. The number of aryl methyl sites for hydroxylation is 1. The lowest BCUT2D eigenvalue weighted by atomic mass is 10.1. The molecular weight excluding hydrogens is 217 g/mol. The number of rotatable bonds is 3. The Balaban J connectivity index is 2.29. The fourth-order valence-corrected chi connectivity index (χ4v) is 1.83. The summed E-state index contributed by atoms with van der Waals surface area (Å²) in [6.07, 6.45) is 1.78. The highest BCUT2D eigenvalue weighted by atomic mass is 19.1. The third kappa shape index (κ3) is 2.53.